The van der Waals surface area contributed by atoms with Crippen LogP contribution in [0.25, 0.3) is 17.9 Å². The van der Waals surface area contributed by atoms with E-state index in [9.17, 15) is 0 Å². The van der Waals surface area contributed by atoms with Crippen LogP contribution < -0.4 is 5.32 Å². The molecule has 0 radical (unpaired) electrons. The Morgan fingerprint density at radius 1 is 1.43 bits per heavy atom. The van der Waals surface area contributed by atoms with Crippen LogP contribution in [-0.2, 0) is 4.74 Å². The molecule has 0 amide bonds. The van der Waals surface area contributed by atoms with Crippen LogP contribution in [0.15, 0.2) is 42.8 Å². The molecular weight excluding hydrogens is 260 g/mol. The van der Waals surface area contributed by atoms with Crippen molar-refractivity contribution in [1.29, 1.82) is 0 Å². The Hall–Kier alpha value is -2.29. The molecular formula is C18H24N2O. The average molecular weight is 284 g/mol. The summed E-state index contributed by atoms with van der Waals surface area (Å²) in [5.41, 5.74) is 3.71. The largest absolute Gasteiger partial charge is 0.463 e. The van der Waals surface area contributed by atoms with Gasteiger partial charge in [-0.1, -0.05) is 25.6 Å². The van der Waals surface area contributed by atoms with E-state index in [4.69, 9.17) is 4.74 Å². The molecule has 1 aromatic heterocycles. The van der Waals surface area contributed by atoms with Gasteiger partial charge in [-0.2, -0.15) is 0 Å². The molecule has 0 aliphatic heterocycles. The molecule has 1 rings (SSSR count). The van der Waals surface area contributed by atoms with Crippen LogP contribution in [0.4, 0.5) is 0 Å². The monoisotopic (exact) mass is 284 g/mol. The molecule has 0 saturated heterocycles. The smallest absolute Gasteiger partial charge is 0.147 e. The first-order chi connectivity index (χ1) is 10.2. The maximum absolute atomic E-state index is 5.63. The maximum atomic E-state index is 5.63. The molecule has 112 valence electrons. The number of ether oxygens (including phenoxy) is 1. The molecule has 1 N–H and O–H groups in total. The predicted octanol–water partition coefficient (Wildman–Crippen LogP) is 4.61. The highest BCUT2D eigenvalue weighted by molar-refractivity contribution is 5.66. The van der Waals surface area contributed by atoms with E-state index < -0.39 is 0 Å². The van der Waals surface area contributed by atoms with Crippen molar-refractivity contribution >= 4 is 17.9 Å². The van der Waals surface area contributed by atoms with Gasteiger partial charge in [0.05, 0.1) is 12.0 Å². The first-order valence-electron chi connectivity index (χ1n) is 7.14. The molecule has 0 fully saturated rings. The van der Waals surface area contributed by atoms with Crippen LogP contribution in [0.5, 0.6) is 0 Å². The molecule has 1 aromatic rings. The minimum Gasteiger partial charge on any atom is -0.463 e. The fourth-order valence-electron chi connectivity index (χ4n) is 1.68. The lowest BCUT2D eigenvalue weighted by Crippen LogP contribution is -2.03. The third-order valence-electron chi connectivity index (χ3n) is 2.97. The van der Waals surface area contributed by atoms with Crippen molar-refractivity contribution in [2.75, 3.05) is 7.05 Å². The number of nitrogens with one attached hydrogen (secondary N) is 1. The van der Waals surface area contributed by atoms with Crippen LogP contribution in [-0.4, -0.2) is 12.0 Å². The Kier molecular flexibility index (Phi) is 7.02. The van der Waals surface area contributed by atoms with Crippen LogP contribution in [0, 0.1) is 0 Å². The number of aromatic nitrogens is 1. The van der Waals surface area contributed by atoms with E-state index in [0.717, 1.165) is 34.8 Å². The summed E-state index contributed by atoms with van der Waals surface area (Å²) in [7, 11) is 1.89. The SMILES string of the molecule is C=Cc1ccc(/C(=C/C)O/C=C/CC)nc1/C=C(\C)NC. The molecule has 3 nitrogen and oxygen atoms in total. The molecule has 0 spiro atoms. The summed E-state index contributed by atoms with van der Waals surface area (Å²) in [6, 6.07) is 3.94. The molecule has 0 aliphatic carbocycles. The van der Waals surface area contributed by atoms with Crippen molar-refractivity contribution in [1.82, 2.24) is 10.3 Å². The van der Waals surface area contributed by atoms with Crippen molar-refractivity contribution in [3.63, 3.8) is 0 Å². The van der Waals surface area contributed by atoms with Gasteiger partial charge in [0.15, 0.2) is 0 Å². The van der Waals surface area contributed by atoms with E-state index in [2.05, 4.69) is 23.8 Å². The Morgan fingerprint density at radius 3 is 2.76 bits per heavy atom. The third kappa shape index (κ3) is 4.95. The van der Waals surface area contributed by atoms with Gasteiger partial charge in [0, 0.05) is 12.7 Å². The highest BCUT2D eigenvalue weighted by Crippen LogP contribution is 2.19. The first kappa shape index (κ1) is 16.8. The van der Waals surface area contributed by atoms with Crippen LogP contribution >= 0.6 is 0 Å². The second kappa shape index (κ2) is 8.80. The Labute approximate surface area is 127 Å². The van der Waals surface area contributed by atoms with Gasteiger partial charge >= 0.3 is 0 Å². The lowest BCUT2D eigenvalue weighted by Gasteiger charge is -2.09. The van der Waals surface area contributed by atoms with Crippen molar-refractivity contribution in [2.45, 2.75) is 27.2 Å². The summed E-state index contributed by atoms with van der Waals surface area (Å²) in [6.45, 7) is 9.83. The summed E-state index contributed by atoms with van der Waals surface area (Å²) in [4.78, 5) is 4.67. The molecule has 3 heteroatoms. The number of hydrogen-bond donors (Lipinski definition) is 1. The van der Waals surface area contributed by atoms with Gasteiger partial charge in [-0.15, -0.1) is 0 Å². The van der Waals surface area contributed by atoms with E-state index >= 15 is 0 Å². The van der Waals surface area contributed by atoms with E-state index in [0.29, 0.717) is 0 Å². The second-order valence-corrected chi connectivity index (χ2v) is 4.50. The molecule has 0 bridgehead atoms. The van der Waals surface area contributed by atoms with Crippen LogP contribution in [0.2, 0.25) is 0 Å². The summed E-state index contributed by atoms with van der Waals surface area (Å²) >= 11 is 0. The van der Waals surface area contributed by atoms with E-state index in [1.54, 1.807) is 12.3 Å². The van der Waals surface area contributed by atoms with Gasteiger partial charge in [0.1, 0.15) is 11.5 Å². The molecule has 1 heterocycles. The summed E-state index contributed by atoms with van der Waals surface area (Å²) in [5.74, 6) is 0.743. The zero-order chi connectivity index (χ0) is 15.7. The lowest BCUT2D eigenvalue weighted by molar-refractivity contribution is 0.431. The van der Waals surface area contributed by atoms with Gasteiger partial charge in [0.25, 0.3) is 0 Å². The van der Waals surface area contributed by atoms with Gasteiger partial charge in [-0.3, -0.25) is 0 Å². The summed E-state index contributed by atoms with van der Waals surface area (Å²) in [6.07, 6.45) is 10.3. The molecule has 0 aromatic carbocycles. The van der Waals surface area contributed by atoms with E-state index in [1.165, 1.54) is 0 Å². The number of allylic oxidation sites excluding steroid dienone is 3. The minimum absolute atomic E-state index is 0.743. The quantitative estimate of drug-likeness (QED) is 0.743. The molecule has 21 heavy (non-hydrogen) atoms. The highest BCUT2D eigenvalue weighted by Gasteiger charge is 2.06. The molecule has 0 atom stereocenters. The van der Waals surface area contributed by atoms with Crippen LogP contribution in [0.1, 0.15) is 44.1 Å². The Morgan fingerprint density at radius 2 is 2.19 bits per heavy atom. The van der Waals surface area contributed by atoms with E-state index in [-0.39, 0.29) is 0 Å². The van der Waals surface area contributed by atoms with Gasteiger partial charge in [-0.05, 0) is 50.1 Å². The number of rotatable bonds is 7. The van der Waals surface area contributed by atoms with Crippen molar-refractivity contribution in [2.24, 2.45) is 0 Å². The summed E-state index contributed by atoms with van der Waals surface area (Å²) < 4.78 is 5.63. The van der Waals surface area contributed by atoms with E-state index in [1.807, 2.05) is 51.3 Å². The van der Waals surface area contributed by atoms with Crippen molar-refractivity contribution in [3.05, 3.63) is 59.8 Å². The predicted molar refractivity (Wildman–Crippen MR) is 91.2 cm³/mol. The topological polar surface area (TPSA) is 34.1 Å². The number of pyridine rings is 1. The minimum atomic E-state index is 0.743. The standard InChI is InChI=1S/C18H24N2O/c1-6-9-12-21-18(8-3)16-11-10-15(7-2)17(20-16)13-14(4)19-5/h7-13,19H,2,6H2,1,3-5H3/b12-9+,14-13+,18-8-. The zero-order valence-corrected chi connectivity index (χ0v) is 13.3. The van der Waals surface area contributed by atoms with Crippen molar-refractivity contribution in [3.8, 4) is 0 Å². The average Bonchev–Trinajstić information content (AvgIpc) is 2.51. The number of nitrogens with zero attached hydrogens (tertiary/aromatic N) is 1. The lowest BCUT2D eigenvalue weighted by atomic mass is 10.1. The fourth-order valence-corrected chi connectivity index (χ4v) is 1.68. The third-order valence-corrected chi connectivity index (χ3v) is 2.97. The zero-order valence-electron chi connectivity index (χ0n) is 13.3. The molecule has 0 unspecified atom stereocenters. The fraction of sp³-hybridized carbons (Fsp3) is 0.278. The maximum Gasteiger partial charge on any atom is 0.147 e. The number of hydrogen-bond acceptors (Lipinski definition) is 3. The summed E-state index contributed by atoms with van der Waals surface area (Å²) in [5, 5.41) is 3.10. The van der Waals surface area contributed by atoms with Crippen molar-refractivity contribution < 1.29 is 4.74 Å². The van der Waals surface area contributed by atoms with Gasteiger partial charge < -0.3 is 10.1 Å². The van der Waals surface area contributed by atoms with Gasteiger partial charge in [0.2, 0.25) is 0 Å². The highest BCUT2D eigenvalue weighted by atomic mass is 16.5. The normalized spacial score (nSPS) is 12.6. The Bertz CT molecular complexity index is 569. The molecule has 0 saturated carbocycles. The Balaban J connectivity index is 3.17. The van der Waals surface area contributed by atoms with Gasteiger partial charge in [-0.25, -0.2) is 4.98 Å². The van der Waals surface area contributed by atoms with Crippen LogP contribution in [0.3, 0.4) is 0 Å². The second-order valence-electron chi connectivity index (χ2n) is 4.50. The molecule has 0 aliphatic rings. The first-order valence-corrected chi connectivity index (χ1v) is 7.14.